The molecule has 0 spiro atoms. The molecule has 1 aromatic heterocycles. The number of nitrogens with one attached hydrogen (secondary N) is 2. The standard InChI is InChI=1S/C12H13F2N3O3S/c1-7-11(8(2)16-15-7)21(18,19)17-9-3-5-10(6-4-9)20-12(13)14/h3-6,12,17H,1-2H3,(H,15,16). The van der Waals surface area contributed by atoms with Gasteiger partial charge in [-0.1, -0.05) is 0 Å². The molecule has 9 heteroatoms. The summed E-state index contributed by atoms with van der Waals surface area (Å²) in [5, 5.41) is 6.41. The van der Waals surface area contributed by atoms with Gasteiger partial charge in [-0.05, 0) is 38.1 Å². The normalized spacial score (nSPS) is 11.7. The number of H-pyrrole nitrogens is 1. The van der Waals surface area contributed by atoms with Crippen LogP contribution >= 0.6 is 0 Å². The van der Waals surface area contributed by atoms with E-state index in [9.17, 15) is 17.2 Å². The van der Waals surface area contributed by atoms with Crippen molar-refractivity contribution in [2.45, 2.75) is 25.4 Å². The van der Waals surface area contributed by atoms with Crippen LogP contribution < -0.4 is 9.46 Å². The first-order valence-electron chi connectivity index (χ1n) is 5.89. The number of ether oxygens (including phenoxy) is 1. The molecule has 114 valence electrons. The molecule has 21 heavy (non-hydrogen) atoms. The molecule has 0 atom stereocenters. The molecule has 1 aromatic carbocycles. The van der Waals surface area contributed by atoms with E-state index in [2.05, 4.69) is 19.7 Å². The van der Waals surface area contributed by atoms with E-state index in [4.69, 9.17) is 0 Å². The van der Waals surface area contributed by atoms with Crippen molar-refractivity contribution in [1.29, 1.82) is 0 Å². The third-order valence-corrected chi connectivity index (χ3v) is 4.30. The third kappa shape index (κ3) is 3.48. The number of hydrogen-bond donors (Lipinski definition) is 2. The number of aromatic nitrogens is 2. The molecule has 6 nitrogen and oxygen atoms in total. The van der Waals surface area contributed by atoms with Crippen LogP contribution in [0.15, 0.2) is 29.2 Å². The molecule has 2 rings (SSSR count). The van der Waals surface area contributed by atoms with Gasteiger partial charge < -0.3 is 4.74 Å². The average Bonchev–Trinajstić information content (AvgIpc) is 2.71. The molecule has 1 heterocycles. The van der Waals surface area contributed by atoms with Gasteiger partial charge in [-0.15, -0.1) is 0 Å². The summed E-state index contributed by atoms with van der Waals surface area (Å²) in [5.74, 6) is -0.0522. The Labute approximate surface area is 120 Å². The Kier molecular flexibility index (Phi) is 4.12. The Bertz CT molecular complexity index is 707. The monoisotopic (exact) mass is 317 g/mol. The van der Waals surface area contributed by atoms with E-state index in [1.165, 1.54) is 24.3 Å². The summed E-state index contributed by atoms with van der Waals surface area (Å²) in [6, 6.07) is 5.16. The Morgan fingerprint density at radius 1 is 1.24 bits per heavy atom. The zero-order valence-electron chi connectivity index (χ0n) is 11.2. The van der Waals surface area contributed by atoms with Gasteiger partial charge in [0.05, 0.1) is 11.4 Å². The Hall–Kier alpha value is -2.16. The summed E-state index contributed by atoms with van der Waals surface area (Å²) >= 11 is 0. The van der Waals surface area contributed by atoms with E-state index in [0.717, 1.165) is 0 Å². The van der Waals surface area contributed by atoms with Crippen LogP contribution in [0.2, 0.25) is 0 Å². The SMILES string of the molecule is Cc1n[nH]c(C)c1S(=O)(=O)Nc1ccc(OC(F)F)cc1. The topological polar surface area (TPSA) is 84.1 Å². The fourth-order valence-electron chi connectivity index (χ4n) is 1.85. The molecule has 0 unspecified atom stereocenters. The highest BCUT2D eigenvalue weighted by Crippen LogP contribution is 2.23. The predicted molar refractivity (Wildman–Crippen MR) is 71.9 cm³/mol. The maximum absolute atomic E-state index is 12.2. The smallest absolute Gasteiger partial charge is 0.387 e. The third-order valence-electron chi connectivity index (χ3n) is 2.66. The molecule has 0 amide bonds. The van der Waals surface area contributed by atoms with Crippen LogP contribution in [-0.2, 0) is 10.0 Å². The predicted octanol–water partition coefficient (Wildman–Crippen LogP) is 2.43. The van der Waals surface area contributed by atoms with Gasteiger partial charge >= 0.3 is 6.61 Å². The highest BCUT2D eigenvalue weighted by atomic mass is 32.2. The molecule has 2 N–H and O–H groups in total. The van der Waals surface area contributed by atoms with Crippen molar-refractivity contribution in [3.05, 3.63) is 35.7 Å². The number of sulfonamides is 1. The lowest BCUT2D eigenvalue weighted by Gasteiger charge is -2.09. The number of aromatic amines is 1. The number of nitrogens with zero attached hydrogens (tertiary/aromatic N) is 1. The quantitative estimate of drug-likeness (QED) is 0.887. The van der Waals surface area contributed by atoms with Gasteiger partial charge in [-0.2, -0.15) is 13.9 Å². The number of aryl methyl sites for hydroxylation is 2. The zero-order chi connectivity index (χ0) is 15.6. The molecular weight excluding hydrogens is 304 g/mol. The lowest BCUT2D eigenvalue weighted by molar-refractivity contribution is -0.0498. The van der Waals surface area contributed by atoms with Crippen LogP contribution in [0, 0.1) is 13.8 Å². The van der Waals surface area contributed by atoms with Crippen molar-refractivity contribution in [2.75, 3.05) is 4.72 Å². The summed E-state index contributed by atoms with van der Waals surface area (Å²) in [6.45, 7) is 0.231. The van der Waals surface area contributed by atoms with E-state index >= 15 is 0 Å². The molecule has 2 aromatic rings. The highest BCUT2D eigenvalue weighted by molar-refractivity contribution is 7.92. The van der Waals surface area contributed by atoms with E-state index < -0.39 is 16.6 Å². The summed E-state index contributed by atoms with van der Waals surface area (Å²) in [5.41, 5.74) is 0.993. The maximum atomic E-state index is 12.2. The van der Waals surface area contributed by atoms with Gasteiger partial charge in [0.1, 0.15) is 10.6 Å². The summed E-state index contributed by atoms with van der Waals surface area (Å²) in [7, 11) is -3.80. The van der Waals surface area contributed by atoms with Crippen LogP contribution in [0.1, 0.15) is 11.4 Å². The second kappa shape index (κ2) is 5.68. The maximum Gasteiger partial charge on any atom is 0.387 e. The molecule has 0 saturated carbocycles. The van der Waals surface area contributed by atoms with Crippen molar-refractivity contribution in [3.8, 4) is 5.75 Å². The van der Waals surface area contributed by atoms with Gasteiger partial charge in [-0.25, -0.2) is 8.42 Å². The van der Waals surface area contributed by atoms with Crippen LogP contribution in [-0.4, -0.2) is 25.2 Å². The second-order valence-corrected chi connectivity index (χ2v) is 5.89. The van der Waals surface area contributed by atoms with Crippen LogP contribution in [0.4, 0.5) is 14.5 Å². The van der Waals surface area contributed by atoms with E-state index in [1.807, 2.05) is 0 Å². The molecule has 0 radical (unpaired) electrons. The molecule has 0 aliphatic heterocycles. The molecular formula is C12H13F2N3O3S. The van der Waals surface area contributed by atoms with Crippen molar-refractivity contribution in [2.24, 2.45) is 0 Å². The van der Waals surface area contributed by atoms with Gasteiger partial charge in [0.15, 0.2) is 0 Å². The minimum absolute atomic E-state index is 0.0522. The molecule has 0 aliphatic carbocycles. The van der Waals surface area contributed by atoms with E-state index in [1.54, 1.807) is 13.8 Å². The molecule has 0 fully saturated rings. The minimum Gasteiger partial charge on any atom is -0.435 e. The number of anilines is 1. The summed E-state index contributed by atoms with van der Waals surface area (Å²) < 4.78 is 55.1. The zero-order valence-corrected chi connectivity index (χ0v) is 12.0. The minimum atomic E-state index is -3.80. The van der Waals surface area contributed by atoms with Gasteiger partial charge in [0.2, 0.25) is 0 Å². The number of hydrogen-bond acceptors (Lipinski definition) is 4. The van der Waals surface area contributed by atoms with Gasteiger partial charge in [0, 0.05) is 5.69 Å². The summed E-state index contributed by atoms with van der Waals surface area (Å²) in [4.78, 5) is 0.0652. The first-order valence-corrected chi connectivity index (χ1v) is 7.37. The number of rotatable bonds is 5. The van der Waals surface area contributed by atoms with E-state index in [0.29, 0.717) is 11.4 Å². The Morgan fingerprint density at radius 3 is 2.33 bits per heavy atom. The van der Waals surface area contributed by atoms with Crippen LogP contribution in [0.5, 0.6) is 5.75 Å². The average molecular weight is 317 g/mol. The van der Waals surface area contributed by atoms with E-state index in [-0.39, 0.29) is 16.3 Å². The fraction of sp³-hybridized carbons (Fsp3) is 0.250. The number of benzene rings is 1. The Balaban J connectivity index is 2.21. The first kappa shape index (κ1) is 15.2. The lowest BCUT2D eigenvalue weighted by Crippen LogP contribution is -2.14. The van der Waals surface area contributed by atoms with Crippen molar-refractivity contribution >= 4 is 15.7 Å². The van der Waals surface area contributed by atoms with Crippen molar-refractivity contribution < 1.29 is 21.9 Å². The second-order valence-electron chi connectivity index (χ2n) is 4.27. The molecule has 0 aliphatic rings. The number of halogens is 2. The van der Waals surface area contributed by atoms with Gasteiger partial charge in [0.25, 0.3) is 10.0 Å². The fourth-order valence-corrected chi connectivity index (χ4v) is 3.28. The largest absolute Gasteiger partial charge is 0.435 e. The Morgan fingerprint density at radius 2 is 1.86 bits per heavy atom. The molecule has 0 bridgehead atoms. The van der Waals surface area contributed by atoms with Crippen LogP contribution in [0.3, 0.4) is 0 Å². The number of alkyl halides is 2. The van der Waals surface area contributed by atoms with Gasteiger partial charge in [-0.3, -0.25) is 9.82 Å². The van der Waals surface area contributed by atoms with Crippen molar-refractivity contribution in [1.82, 2.24) is 10.2 Å². The summed E-state index contributed by atoms with van der Waals surface area (Å²) in [6.07, 6.45) is 0. The van der Waals surface area contributed by atoms with Crippen molar-refractivity contribution in [3.63, 3.8) is 0 Å². The van der Waals surface area contributed by atoms with Crippen LogP contribution in [0.25, 0.3) is 0 Å². The molecule has 0 saturated heterocycles. The first-order chi connectivity index (χ1) is 9.79. The highest BCUT2D eigenvalue weighted by Gasteiger charge is 2.22. The lowest BCUT2D eigenvalue weighted by atomic mass is 10.3.